The fourth-order valence-electron chi connectivity index (χ4n) is 4.04. The molecule has 2 fully saturated rings. The fourth-order valence-corrected chi connectivity index (χ4v) is 4.04. The van der Waals surface area contributed by atoms with E-state index in [9.17, 15) is 24.3 Å². The van der Waals surface area contributed by atoms with E-state index in [-0.39, 0.29) is 60.3 Å². The summed E-state index contributed by atoms with van der Waals surface area (Å²) in [7, 11) is 1.46. The molecule has 8 heteroatoms. The van der Waals surface area contributed by atoms with Crippen molar-refractivity contribution in [1.82, 2.24) is 0 Å². The van der Waals surface area contributed by atoms with Gasteiger partial charge in [0.2, 0.25) is 0 Å². The first kappa shape index (κ1) is 26.6. The molecule has 0 aromatic carbocycles. The zero-order valence-corrected chi connectivity index (χ0v) is 20.1. The summed E-state index contributed by atoms with van der Waals surface area (Å²) in [6, 6.07) is 0. The fraction of sp³-hybridized carbons (Fsp3) is 0.833. The highest BCUT2D eigenvalue weighted by molar-refractivity contribution is 5.98. The van der Waals surface area contributed by atoms with Crippen LogP contribution in [0.5, 0.6) is 0 Å². The Morgan fingerprint density at radius 1 is 1.22 bits per heavy atom. The van der Waals surface area contributed by atoms with Gasteiger partial charge in [-0.15, -0.1) is 0 Å². The zero-order valence-electron chi connectivity index (χ0n) is 20.1. The third kappa shape index (κ3) is 7.46. The van der Waals surface area contributed by atoms with E-state index in [0.29, 0.717) is 19.4 Å². The SMILES string of the molecule is CO[C@@](C)(CCC(=O)[C@@H](C)C(=O)OCC1(C)CC1)CC(N)(O)CC(=O)[C@H](C)C1CC(=O)C1. The molecule has 2 aliphatic rings. The summed E-state index contributed by atoms with van der Waals surface area (Å²) in [4.78, 5) is 48.4. The highest BCUT2D eigenvalue weighted by Gasteiger charge is 2.41. The van der Waals surface area contributed by atoms with Crippen molar-refractivity contribution in [2.45, 2.75) is 90.4 Å². The molecule has 182 valence electrons. The molecule has 0 aromatic rings. The van der Waals surface area contributed by atoms with Gasteiger partial charge in [-0.1, -0.05) is 13.8 Å². The molecule has 3 N–H and O–H groups in total. The summed E-state index contributed by atoms with van der Waals surface area (Å²) in [5.41, 5.74) is 3.32. The van der Waals surface area contributed by atoms with E-state index in [4.69, 9.17) is 15.2 Å². The number of aliphatic hydroxyl groups is 1. The van der Waals surface area contributed by atoms with Crippen LogP contribution in [0.15, 0.2) is 0 Å². The third-order valence-electron chi connectivity index (χ3n) is 7.25. The minimum absolute atomic E-state index is 0.0148. The van der Waals surface area contributed by atoms with Crippen LogP contribution in [0.1, 0.15) is 79.1 Å². The van der Waals surface area contributed by atoms with Crippen molar-refractivity contribution in [2.75, 3.05) is 13.7 Å². The number of esters is 1. The molecule has 0 aliphatic heterocycles. The van der Waals surface area contributed by atoms with Crippen LogP contribution in [0.3, 0.4) is 0 Å². The van der Waals surface area contributed by atoms with Gasteiger partial charge >= 0.3 is 5.97 Å². The number of carbonyl (C=O) groups is 4. The van der Waals surface area contributed by atoms with Gasteiger partial charge in [-0.25, -0.2) is 0 Å². The van der Waals surface area contributed by atoms with Gasteiger partial charge in [0, 0.05) is 50.5 Å². The average molecular weight is 454 g/mol. The average Bonchev–Trinajstić information content (AvgIpc) is 3.43. The second-order valence-corrected chi connectivity index (χ2v) is 10.7. The van der Waals surface area contributed by atoms with Crippen molar-refractivity contribution in [3.8, 4) is 0 Å². The second-order valence-electron chi connectivity index (χ2n) is 10.7. The minimum Gasteiger partial charge on any atom is -0.465 e. The van der Waals surface area contributed by atoms with E-state index in [1.165, 1.54) is 14.0 Å². The molecule has 32 heavy (non-hydrogen) atoms. The Labute approximate surface area is 190 Å². The highest BCUT2D eigenvalue weighted by atomic mass is 16.5. The lowest BCUT2D eigenvalue weighted by Gasteiger charge is -2.36. The quantitative estimate of drug-likeness (QED) is 0.233. The Kier molecular flexibility index (Phi) is 8.40. The summed E-state index contributed by atoms with van der Waals surface area (Å²) in [5.74, 6) is -2.03. The van der Waals surface area contributed by atoms with E-state index in [1.807, 2.05) is 6.92 Å². The van der Waals surface area contributed by atoms with Gasteiger partial charge in [-0.2, -0.15) is 0 Å². The molecule has 4 atom stereocenters. The van der Waals surface area contributed by atoms with E-state index in [2.05, 4.69) is 0 Å². The number of hydrogen-bond donors (Lipinski definition) is 2. The van der Waals surface area contributed by atoms with E-state index >= 15 is 0 Å². The summed E-state index contributed by atoms with van der Waals surface area (Å²) >= 11 is 0. The molecule has 1 unspecified atom stereocenters. The summed E-state index contributed by atoms with van der Waals surface area (Å²) in [6.07, 6.45) is 2.83. The first-order valence-electron chi connectivity index (χ1n) is 11.5. The zero-order chi connectivity index (χ0) is 24.3. The lowest BCUT2D eigenvalue weighted by molar-refractivity contribution is -0.153. The number of rotatable bonds is 14. The summed E-state index contributed by atoms with van der Waals surface area (Å²) in [6.45, 7) is 7.39. The predicted molar refractivity (Wildman–Crippen MR) is 117 cm³/mol. The molecule has 0 saturated heterocycles. The Hall–Kier alpha value is -1.64. The lowest BCUT2D eigenvalue weighted by atomic mass is 9.72. The van der Waals surface area contributed by atoms with Gasteiger partial charge in [0.15, 0.2) is 0 Å². The van der Waals surface area contributed by atoms with Gasteiger partial charge in [0.05, 0.1) is 12.2 Å². The third-order valence-corrected chi connectivity index (χ3v) is 7.25. The van der Waals surface area contributed by atoms with E-state index < -0.39 is 23.2 Å². The molecule has 2 rings (SSSR count). The number of nitrogens with two attached hydrogens (primary N) is 1. The molecular weight excluding hydrogens is 414 g/mol. The minimum atomic E-state index is -1.81. The number of ketones is 3. The maximum absolute atomic E-state index is 12.5. The van der Waals surface area contributed by atoms with Crippen LogP contribution >= 0.6 is 0 Å². The maximum atomic E-state index is 12.5. The highest BCUT2D eigenvalue weighted by Crippen LogP contribution is 2.45. The molecule has 0 amide bonds. The van der Waals surface area contributed by atoms with Crippen molar-refractivity contribution in [3.05, 3.63) is 0 Å². The van der Waals surface area contributed by atoms with Gasteiger partial charge in [-0.05, 0) is 39.0 Å². The molecule has 0 radical (unpaired) electrons. The molecule has 0 spiro atoms. The number of ether oxygens (including phenoxy) is 2. The summed E-state index contributed by atoms with van der Waals surface area (Å²) < 4.78 is 10.8. The summed E-state index contributed by atoms with van der Waals surface area (Å²) in [5, 5.41) is 10.7. The first-order valence-corrected chi connectivity index (χ1v) is 11.5. The number of hydrogen-bond acceptors (Lipinski definition) is 8. The second kappa shape index (κ2) is 10.1. The van der Waals surface area contributed by atoms with Crippen molar-refractivity contribution in [2.24, 2.45) is 28.9 Å². The number of carbonyl (C=O) groups excluding carboxylic acids is 4. The molecule has 2 aliphatic carbocycles. The Balaban J connectivity index is 1.83. The number of methoxy groups -OCH3 is 1. The monoisotopic (exact) mass is 453 g/mol. The first-order chi connectivity index (χ1) is 14.7. The Morgan fingerprint density at radius 2 is 1.81 bits per heavy atom. The van der Waals surface area contributed by atoms with Gasteiger partial charge in [0.1, 0.15) is 29.0 Å². The van der Waals surface area contributed by atoms with Crippen molar-refractivity contribution >= 4 is 23.3 Å². The Bertz CT molecular complexity index is 735. The van der Waals surface area contributed by atoms with Crippen LogP contribution in [0.25, 0.3) is 0 Å². The predicted octanol–water partition coefficient (Wildman–Crippen LogP) is 2.33. The van der Waals surface area contributed by atoms with Crippen molar-refractivity contribution < 1.29 is 33.8 Å². The molecule has 8 nitrogen and oxygen atoms in total. The maximum Gasteiger partial charge on any atom is 0.316 e. The van der Waals surface area contributed by atoms with E-state index in [0.717, 1.165) is 12.8 Å². The molecule has 0 bridgehead atoms. The lowest BCUT2D eigenvalue weighted by Crippen LogP contribution is -2.50. The molecule has 2 saturated carbocycles. The van der Waals surface area contributed by atoms with Crippen LogP contribution in [0.2, 0.25) is 0 Å². The standard InChI is InChI=1S/C24H39NO7/c1-15(17-10-18(26)11-17)20(28)12-24(25,30)13-23(4,31-5)7-6-19(27)16(2)21(29)32-14-22(3)8-9-22/h15-17,30H,6-14,25H2,1-5H3/t15-,16-,23+,24?/m1/s1. The Morgan fingerprint density at radius 3 is 2.31 bits per heavy atom. The van der Waals surface area contributed by atoms with Crippen LogP contribution in [0, 0.1) is 23.2 Å². The molecular formula is C24H39NO7. The number of Topliss-reactive ketones (excluding diaryl/α,β-unsaturated/α-hetero) is 3. The normalized spacial score (nSPS) is 23.3. The van der Waals surface area contributed by atoms with Crippen LogP contribution in [-0.4, -0.2) is 53.5 Å². The van der Waals surface area contributed by atoms with Crippen LogP contribution in [0.4, 0.5) is 0 Å². The molecule has 0 heterocycles. The molecule has 0 aromatic heterocycles. The van der Waals surface area contributed by atoms with Gasteiger partial charge in [-0.3, -0.25) is 19.2 Å². The largest absolute Gasteiger partial charge is 0.465 e. The smallest absolute Gasteiger partial charge is 0.316 e. The van der Waals surface area contributed by atoms with Gasteiger partial charge < -0.3 is 20.3 Å². The van der Waals surface area contributed by atoms with Crippen LogP contribution < -0.4 is 5.73 Å². The van der Waals surface area contributed by atoms with Crippen molar-refractivity contribution in [3.63, 3.8) is 0 Å². The van der Waals surface area contributed by atoms with Crippen molar-refractivity contribution in [1.29, 1.82) is 0 Å². The van der Waals surface area contributed by atoms with Gasteiger partial charge in [0.25, 0.3) is 0 Å². The van der Waals surface area contributed by atoms with Crippen LogP contribution in [-0.2, 0) is 28.7 Å². The van der Waals surface area contributed by atoms with E-state index in [1.54, 1.807) is 13.8 Å². The topological polar surface area (TPSA) is 133 Å².